The molecule has 1 saturated heterocycles. The summed E-state index contributed by atoms with van der Waals surface area (Å²) >= 11 is 3.15. The zero-order chi connectivity index (χ0) is 14.0. The van der Waals surface area contributed by atoms with Crippen LogP contribution in [0.5, 0.6) is 0 Å². The summed E-state index contributed by atoms with van der Waals surface area (Å²) in [6.07, 6.45) is 1.41. The van der Waals surface area contributed by atoms with Gasteiger partial charge in [-0.2, -0.15) is 0 Å². The SMILES string of the molecule is CC1CC(NS(=O)(=O)c2cc(Br)ccc2F)CCN1.Cl. The summed E-state index contributed by atoms with van der Waals surface area (Å²) < 4.78 is 41.1. The molecule has 0 saturated carbocycles. The molecule has 1 fully saturated rings. The fourth-order valence-corrected chi connectivity index (χ4v) is 4.10. The molecule has 0 amide bonds. The van der Waals surface area contributed by atoms with Gasteiger partial charge in [-0.25, -0.2) is 17.5 Å². The molecule has 0 aliphatic carbocycles. The fourth-order valence-electron chi connectivity index (χ4n) is 2.20. The first kappa shape index (κ1) is 17.8. The zero-order valence-corrected chi connectivity index (χ0v) is 14.1. The predicted octanol–water partition coefficient (Wildman–Crippen LogP) is 2.43. The van der Waals surface area contributed by atoms with E-state index >= 15 is 0 Å². The smallest absolute Gasteiger partial charge is 0.243 e. The van der Waals surface area contributed by atoms with E-state index in [1.807, 2.05) is 6.92 Å². The molecule has 1 aliphatic rings. The van der Waals surface area contributed by atoms with Crippen molar-refractivity contribution in [3.8, 4) is 0 Å². The topological polar surface area (TPSA) is 58.2 Å². The van der Waals surface area contributed by atoms with Crippen LogP contribution < -0.4 is 10.0 Å². The van der Waals surface area contributed by atoms with E-state index in [4.69, 9.17) is 0 Å². The molecule has 114 valence electrons. The summed E-state index contributed by atoms with van der Waals surface area (Å²) in [4.78, 5) is -0.312. The molecule has 2 rings (SSSR count). The predicted molar refractivity (Wildman–Crippen MR) is 82.2 cm³/mol. The van der Waals surface area contributed by atoms with Gasteiger partial charge in [0.2, 0.25) is 10.0 Å². The van der Waals surface area contributed by atoms with Gasteiger partial charge in [-0.1, -0.05) is 15.9 Å². The Balaban J connectivity index is 0.00000200. The highest BCUT2D eigenvalue weighted by molar-refractivity contribution is 9.10. The highest BCUT2D eigenvalue weighted by atomic mass is 79.9. The maximum Gasteiger partial charge on any atom is 0.243 e. The van der Waals surface area contributed by atoms with Gasteiger partial charge in [0.05, 0.1) is 0 Å². The van der Waals surface area contributed by atoms with E-state index in [0.29, 0.717) is 17.3 Å². The van der Waals surface area contributed by atoms with E-state index in [9.17, 15) is 12.8 Å². The molecular weight excluding hydrogens is 371 g/mol. The lowest BCUT2D eigenvalue weighted by Crippen LogP contribution is -2.46. The van der Waals surface area contributed by atoms with Crippen molar-refractivity contribution in [3.63, 3.8) is 0 Å². The second-order valence-corrected chi connectivity index (χ2v) is 7.37. The van der Waals surface area contributed by atoms with E-state index in [1.54, 1.807) is 0 Å². The lowest BCUT2D eigenvalue weighted by Gasteiger charge is -2.28. The van der Waals surface area contributed by atoms with E-state index < -0.39 is 15.8 Å². The van der Waals surface area contributed by atoms with Crippen molar-refractivity contribution in [2.75, 3.05) is 6.54 Å². The molecule has 0 radical (unpaired) electrons. The van der Waals surface area contributed by atoms with Gasteiger partial charge in [0.15, 0.2) is 0 Å². The molecule has 1 heterocycles. The molecule has 8 heteroatoms. The summed E-state index contributed by atoms with van der Waals surface area (Å²) in [6, 6.07) is 4.00. The number of nitrogens with one attached hydrogen (secondary N) is 2. The van der Waals surface area contributed by atoms with E-state index in [-0.39, 0.29) is 29.4 Å². The Labute approximate surface area is 133 Å². The second kappa shape index (κ2) is 7.17. The minimum Gasteiger partial charge on any atom is -0.314 e. The normalized spacial score (nSPS) is 23.1. The zero-order valence-electron chi connectivity index (χ0n) is 10.9. The number of benzene rings is 1. The van der Waals surface area contributed by atoms with Gasteiger partial charge in [0.25, 0.3) is 0 Å². The Morgan fingerprint density at radius 3 is 2.80 bits per heavy atom. The molecule has 20 heavy (non-hydrogen) atoms. The van der Waals surface area contributed by atoms with Crippen LogP contribution in [0.15, 0.2) is 27.6 Å². The first-order chi connectivity index (χ1) is 8.88. The van der Waals surface area contributed by atoms with Crippen molar-refractivity contribution < 1.29 is 12.8 Å². The maximum atomic E-state index is 13.6. The first-order valence-electron chi connectivity index (χ1n) is 6.09. The van der Waals surface area contributed by atoms with Gasteiger partial charge in [0, 0.05) is 16.6 Å². The number of hydrogen-bond acceptors (Lipinski definition) is 3. The van der Waals surface area contributed by atoms with E-state index in [1.165, 1.54) is 12.1 Å². The quantitative estimate of drug-likeness (QED) is 0.837. The van der Waals surface area contributed by atoms with Gasteiger partial charge in [-0.15, -0.1) is 12.4 Å². The van der Waals surface area contributed by atoms with Gasteiger partial charge in [-0.05, 0) is 44.5 Å². The molecule has 2 N–H and O–H groups in total. The fraction of sp³-hybridized carbons (Fsp3) is 0.500. The van der Waals surface area contributed by atoms with Gasteiger partial charge < -0.3 is 5.32 Å². The Bertz CT molecular complexity index is 571. The molecule has 2 unspecified atom stereocenters. The third-order valence-electron chi connectivity index (χ3n) is 3.13. The maximum absolute atomic E-state index is 13.6. The lowest BCUT2D eigenvalue weighted by atomic mass is 10.0. The largest absolute Gasteiger partial charge is 0.314 e. The second-order valence-electron chi connectivity index (χ2n) is 4.77. The number of halogens is 3. The minimum atomic E-state index is -3.82. The number of hydrogen-bond donors (Lipinski definition) is 2. The van der Waals surface area contributed by atoms with Crippen molar-refractivity contribution in [3.05, 3.63) is 28.5 Å². The van der Waals surface area contributed by atoms with Gasteiger partial charge in [0.1, 0.15) is 10.7 Å². The van der Waals surface area contributed by atoms with Crippen LogP contribution in [0.1, 0.15) is 19.8 Å². The number of piperidine rings is 1. The summed E-state index contributed by atoms with van der Waals surface area (Å²) in [6.45, 7) is 2.76. The van der Waals surface area contributed by atoms with Crippen LogP contribution in [0.25, 0.3) is 0 Å². The van der Waals surface area contributed by atoms with Crippen LogP contribution >= 0.6 is 28.3 Å². The molecule has 1 aromatic carbocycles. The van der Waals surface area contributed by atoms with Crippen molar-refractivity contribution >= 4 is 38.4 Å². The molecule has 2 atom stereocenters. The molecular formula is C12H17BrClFN2O2S. The number of rotatable bonds is 3. The Hall–Kier alpha value is -0.210. The monoisotopic (exact) mass is 386 g/mol. The van der Waals surface area contributed by atoms with Crippen molar-refractivity contribution in [1.82, 2.24) is 10.0 Å². The van der Waals surface area contributed by atoms with Crippen molar-refractivity contribution in [2.45, 2.75) is 36.7 Å². The summed E-state index contributed by atoms with van der Waals surface area (Å²) in [7, 11) is -3.82. The third-order valence-corrected chi connectivity index (χ3v) is 5.16. The van der Waals surface area contributed by atoms with Gasteiger partial charge >= 0.3 is 0 Å². The van der Waals surface area contributed by atoms with Crippen molar-refractivity contribution in [1.29, 1.82) is 0 Å². The molecule has 1 aromatic rings. The van der Waals surface area contributed by atoms with Crippen LogP contribution in [0.4, 0.5) is 4.39 Å². The lowest BCUT2D eigenvalue weighted by molar-refractivity contribution is 0.361. The van der Waals surface area contributed by atoms with Crippen LogP contribution in [-0.2, 0) is 10.0 Å². The molecule has 0 aromatic heterocycles. The molecule has 0 spiro atoms. The summed E-state index contributed by atoms with van der Waals surface area (Å²) in [5.74, 6) is -0.738. The first-order valence-corrected chi connectivity index (χ1v) is 8.37. The van der Waals surface area contributed by atoms with Crippen LogP contribution in [0.2, 0.25) is 0 Å². The van der Waals surface area contributed by atoms with Crippen LogP contribution in [0.3, 0.4) is 0 Å². The molecule has 0 bridgehead atoms. The van der Waals surface area contributed by atoms with Crippen molar-refractivity contribution in [2.24, 2.45) is 0 Å². The van der Waals surface area contributed by atoms with E-state index in [0.717, 1.165) is 12.6 Å². The third kappa shape index (κ3) is 4.39. The Kier molecular flexibility index (Phi) is 6.40. The molecule has 1 aliphatic heterocycles. The Morgan fingerprint density at radius 1 is 1.45 bits per heavy atom. The highest BCUT2D eigenvalue weighted by Gasteiger charge is 2.26. The van der Waals surface area contributed by atoms with E-state index in [2.05, 4.69) is 26.0 Å². The summed E-state index contributed by atoms with van der Waals surface area (Å²) in [5, 5.41) is 3.24. The summed E-state index contributed by atoms with van der Waals surface area (Å²) in [5.41, 5.74) is 0. The van der Waals surface area contributed by atoms with Gasteiger partial charge in [-0.3, -0.25) is 0 Å². The average molecular weight is 388 g/mol. The standard InChI is InChI=1S/C12H16BrFN2O2S.ClH/c1-8-6-10(4-5-15-8)16-19(17,18)12-7-9(13)2-3-11(12)14;/h2-3,7-8,10,15-16H,4-6H2,1H3;1H. The minimum absolute atomic E-state index is 0. The van der Waals surface area contributed by atoms with Crippen LogP contribution in [-0.4, -0.2) is 27.0 Å². The number of sulfonamides is 1. The van der Waals surface area contributed by atoms with Crippen LogP contribution in [0, 0.1) is 5.82 Å². The molecule has 4 nitrogen and oxygen atoms in total. The Morgan fingerprint density at radius 2 is 2.15 bits per heavy atom. The average Bonchev–Trinajstić information content (AvgIpc) is 2.31. The highest BCUT2D eigenvalue weighted by Crippen LogP contribution is 2.21.